The highest BCUT2D eigenvalue weighted by atomic mass is 31.2. The van der Waals surface area contributed by atoms with Gasteiger partial charge in [-0.05, 0) is 12.8 Å². The molecule has 3 atom stereocenters. The third-order valence-corrected chi connectivity index (χ3v) is 9.34. The number of aliphatic hydroxyl groups excluding tert-OH is 1. The van der Waals surface area contributed by atoms with Crippen LogP contribution in [0, 0.1) is 0 Å². The number of carbonyl (C=O) groups excluding carboxylic acids is 1. The zero-order valence-corrected chi connectivity index (χ0v) is 30.6. The van der Waals surface area contributed by atoms with Crippen molar-refractivity contribution in [3.05, 3.63) is 0 Å². The largest absolute Gasteiger partial charge is 0.472 e. The van der Waals surface area contributed by atoms with Gasteiger partial charge in [-0.1, -0.05) is 149 Å². The van der Waals surface area contributed by atoms with Gasteiger partial charge in [-0.25, -0.2) is 4.57 Å². The van der Waals surface area contributed by atoms with Crippen molar-refractivity contribution in [2.75, 3.05) is 40.9 Å². The van der Waals surface area contributed by atoms with Crippen molar-refractivity contribution in [1.29, 1.82) is 0 Å². The van der Waals surface area contributed by atoms with Gasteiger partial charge in [0.15, 0.2) is 0 Å². The summed E-state index contributed by atoms with van der Waals surface area (Å²) in [5.74, 6) is -0.150. The summed E-state index contributed by atoms with van der Waals surface area (Å²) in [6.07, 6.45) is 27.0. The standard InChI is InChI=1S/C35H73N2O6P/c1-6-8-10-12-14-16-17-18-19-20-21-22-24-26-28-34(38)33(32-43-44(40,41)42-31-30-37(3,4)5)36-35(39)29-27-25-23-15-13-11-9-7-2/h33-34,38H,6-32H2,1-5H3,(H-,36,39,40,41)/p+1/t33-,34+/m0/s1. The van der Waals surface area contributed by atoms with Crippen LogP contribution < -0.4 is 5.32 Å². The molecule has 0 aliphatic carbocycles. The molecule has 0 saturated heterocycles. The molecule has 0 spiro atoms. The number of phosphoric acid groups is 1. The van der Waals surface area contributed by atoms with Crippen LogP contribution in [0.1, 0.15) is 168 Å². The average Bonchev–Trinajstić information content (AvgIpc) is 2.95. The Morgan fingerprint density at radius 1 is 0.682 bits per heavy atom. The number of likely N-dealkylation sites (N-methyl/N-ethyl adjacent to an activating group) is 1. The molecule has 0 aromatic carbocycles. The minimum Gasteiger partial charge on any atom is -0.391 e. The first-order valence-electron chi connectivity index (χ1n) is 18.4. The minimum atomic E-state index is -4.29. The molecule has 0 aromatic heterocycles. The molecule has 0 saturated carbocycles. The highest BCUT2D eigenvalue weighted by Gasteiger charge is 2.28. The number of unbranched alkanes of at least 4 members (excludes halogenated alkanes) is 20. The zero-order valence-electron chi connectivity index (χ0n) is 29.7. The third kappa shape index (κ3) is 30.2. The summed E-state index contributed by atoms with van der Waals surface area (Å²) in [4.78, 5) is 22.9. The van der Waals surface area contributed by atoms with Gasteiger partial charge >= 0.3 is 7.82 Å². The van der Waals surface area contributed by atoms with Crippen molar-refractivity contribution in [3.8, 4) is 0 Å². The quantitative estimate of drug-likeness (QED) is 0.0372. The second-order valence-electron chi connectivity index (χ2n) is 14.0. The van der Waals surface area contributed by atoms with Crippen molar-refractivity contribution in [2.45, 2.75) is 180 Å². The maximum absolute atomic E-state index is 12.7. The molecule has 1 unspecified atom stereocenters. The van der Waals surface area contributed by atoms with Gasteiger partial charge in [-0.15, -0.1) is 0 Å². The molecule has 0 heterocycles. The Morgan fingerprint density at radius 2 is 1.09 bits per heavy atom. The maximum atomic E-state index is 12.7. The van der Waals surface area contributed by atoms with E-state index in [0.717, 1.165) is 38.5 Å². The predicted molar refractivity (Wildman–Crippen MR) is 185 cm³/mol. The summed E-state index contributed by atoms with van der Waals surface area (Å²) >= 11 is 0. The first-order chi connectivity index (χ1) is 21.0. The van der Waals surface area contributed by atoms with E-state index in [1.165, 1.54) is 103 Å². The van der Waals surface area contributed by atoms with E-state index in [1.807, 2.05) is 21.1 Å². The van der Waals surface area contributed by atoms with E-state index < -0.39 is 20.0 Å². The van der Waals surface area contributed by atoms with E-state index in [-0.39, 0.29) is 19.1 Å². The van der Waals surface area contributed by atoms with Crippen LogP contribution in [0.4, 0.5) is 0 Å². The van der Waals surface area contributed by atoms with Crippen LogP contribution in [0.2, 0.25) is 0 Å². The lowest BCUT2D eigenvalue weighted by Gasteiger charge is -2.26. The van der Waals surface area contributed by atoms with Gasteiger partial charge in [0.2, 0.25) is 5.91 Å². The van der Waals surface area contributed by atoms with Crippen molar-refractivity contribution in [3.63, 3.8) is 0 Å². The first-order valence-corrected chi connectivity index (χ1v) is 19.9. The Balaban J connectivity index is 4.44. The number of nitrogens with zero attached hydrogens (tertiary/aromatic N) is 1. The van der Waals surface area contributed by atoms with Gasteiger partial charge in [0, 0.05) is 6.42 Å². The molecule has 8 nitrogen and oxygen atoms in total. The number of quaternary nitrogens is 1. The smallest absolute Gasteiger partial charge is 0.391 e. The van der Waals surface area contributed by atoms with Crippen LogP contribution in [0.3, 0.4) is 0 Å². The van der Waals surface area contributed by atoms with Crippen LogP contribution in [-0.4, -0.2) is 73.4 Å². The number of hydrogen-bond donors (Lipinski definition) is 3. The van der Waals surface area contributed by atoms with Gasteiger partial charge in [-0.2, -0.15) is 0 Å². The number of carbonyl (C=O) groups is 1. The monoisotopic (exact) mass is 650 g/mol. The Kier molecular flexibility index (Phi) is 28.4. The lowest BCUT2D eigenvalue weighted by molar-refractivity contribution is -0.870. The molecule has 0 aliphatic heterocycles. The molecule has 0 rings (SSSR count). The fourth-order valence-corrected chi connectivity index (χ4v) is 6.07. The molecule has 0 fully saturated rings. The first kappa shape index (κ1) is 43.5. The van der Waals surface area contributed by atoms with Crippen LogP contribution in [0.15, 0.2) is 0 Å². The van der Waals surface area contributed by atoms with Crippen molar-refractivity contribution in [1.82, 2.24) is 5.32 Å². The summed E-state index contributed by atoms with van der Waals surface area (Å²) in [6.45, 7) is 4.84. The molecule has 0 aromatic rings. The average molecular weight is 650 g/mol. The Hall–Kier alpha value is -0.500. The fourth-order valence-electron chi connectivity index (χ4n) is 5.34. The molecular weight excluding hydrogens is 575 g/mol. The summed E-state index contributed by atoms with van der Waals surface area (Å²) in [5.41, 5.74) is 0. The highest BCUT2D eigenvalue weighted by Crippen LogP contribution is 2.43. The lowest BCUT2D eigenvalue weighted by Crippen LogP contribution is -2.46. The zero-order chi connectivity index (χ0) is 32.9. The minimum absolute atomic E-state index is 0.0777. The van der Waals surface area contributed by atoms with Crippen LogP contribution in [0.25, 0.3) is 0 Å². The topological polar surface area (TPSA) is 105 Å². The number of hydrogen-bond acceptors (Lipinski definition) is 5. The van der Waals surface area contributed by atoms with Gasteiger partial charge < -0.3 is 19.8 Å². The molecule has 0 radical (unpaired) electrons. The van der Waals surface area contributed by atoms with Gasteiger partial charge in [-0.3, -0.25) is 13.8 Å². The number of nitrogens with one attached hydrogen (secondary N) is 1. The van der Waals surface area contributed by atoms with Gasteiger partial charge in [0.05, 0.1) is 39.9 Å². The molecule has 0 bridgehead atoms. The van der Waals surface area contributed by atoms with Crippen molar-refractivity contribution >= 4 is 13.7 Å². The molecule has 44 heavy (non-hydrogen) atoms. The number of amides is 1. The normalized spacial score (nSPS) is 14.8. The number of phosphoric ester groups is 1. The fraction of sp³-hybridized carbons (Fsp3) is 0.971. The summed E-state index contributed by atoms with van der Waals surface area (Å²) in [5, 5.41) is 13.8. The van der Waals surface area contributed by atoms with Gasteiger partial charge in [0.25, 0.3) is 0 Å². The molecule has 264 valence electrons. The molecular formula is C35H74N2O6P+. The SMILES string of the molecule is CCCCCCCCCCCCCCCC[C@@H](O)[C@H](COP(=O)(O)OCC[N+](C)(C)C)NC(=O)CCCCCCCCCC. The predicted octanol–water partition coefficient (Wildman–Crippen LogP) is 9.07. The molecule has 3 N–H and O–H groups in total. The molecule has 9 heteroatoms. The molecule has 1 amide bonds. The van der Waals surface area contributed by atoms with E-state index in [4.69, 9.17) is 9.05 Å². The molecule has 0 aliphatic rings. The summed E-state index contributed by atoms with van der Waals surface area (Å²) in [6, 6.07) is -0.749. The second kappa shape index (κ2) is 28.7. The van der Waals surface area contributed by atoms with E-state index in [1.54, 1.807) is 0 Å². The van der Waals surface area contributed by atoms with E-state index in [9.17, 15) is 19.4 Å². The number of aliphatic hydroxyl groups is 1. The Labute approximate surface area is 272 Å². The summed E-state index contributed by atoms with van der Waals surface area (Å²) in [7, 11) is 1.62. The lowest BCUT2D eigenvalue weighted by atomic mass is 10.0. The second-order valence-corrected chi connectivity index (χ2v) is 15.4. The maximum Gasteiger partial charge on any atom is 0.472 e. The highest BCUT2D eigenvalue weighted by molar-refractivity contribution is 7.47. The van der Waals surface area contributed by atoms with E-state index in [2.05, 4.69) is 19.2 Å². The van der Waals surface area contributed by atoms with Gasteiger partial charge in [0.1, 0.15) is 13.2 Å². The van der Waals surface area contributed by atoms with E-state index >= 15 is 0 Å². The van der Waals surface area contributed by atoms with Crippen LogP contribution in [0.5, 0.6) is 0 Å². The Morgan fingerprint density at radius 3 is 1.52 bits per heavy atom. The van der Waals surface area contributed by atoms with Crippen LogP contribution in [-0.2, 0) is 18.4 Å². The van der Waals surface area contributed by atoms with Crippen molar-refractivity contribution in [2.24, 2.45) is 0 Å². The summed E-state index contributed by atoms with van der Waals surface area (Å²) < 4.78 is 23.4. The number of rotatable bonds is 33. The third-order valence-electron chi connectivity index (χ3n) is 8.36. The van der Waals surface area contributed by atoms with Crippen LogP contribution >= 0.6 is 7.82 Å². The van der Waals surface area contributed by atoms with Crippen molar-refractivity contribution < 1.29 is 32.9 Å². The Bertz CT molecular complexity index is 703. The van der Waals surface area contributed by atoms with E-state index in [0.29, 0.717) is 23.9 Å².